The number of nitrogens with zero attached hydrogens (tertiary/aromatic N) is 1. The van der Waals surface area contributed by atoms with E-state index < -0.39 is 11.8 Å². The molecule has 0 atom stereocenters. The third kappa shape index (κ3) is 3.34. The summed E-state index contributed by atoms with van der Waals surface area (Å²) in [6, 6.07) is 13.8. The third-order valence-electron chi connectivity index (χ3n) is 3.63. The maximum absolute atomic E-state index is 11.6. The molecular weight excluding hydrogens is 278 g/mol. The van der Waals surface area contributed by atoms with E-state index in [0.717, 1.165) is 16.3 Å². The first-order valence-corrected chi connectivity index (χ1v) is 7.29. The predicted molar refractivity (Wildman–Crippen MR) is 87.5 cm³/mol. The van der Waals surface area contributed by atoms with Crippen LogP contribution in [0.25, 0.3) is 16.5 Å². The van der Waals surface area contributed by atoms with Crippen LogP contribution in [0.3, 0.4) is 0 Å². The normalized spacial score (nSPS) is 11.5. The molecule has 2 aromatic rings. The summed E-state index contributed by atoms with van der Waals surface area (Å²) in [5, 5.41) is 11.0. The Bertz CT molecular complexity index is 730. The summed E-state index contributed by atoms with van der Waals surface area (Å²) in [6.07, 6.45) is 1.21. The lowest BCUT2D eigenvalue weighted by molar-refractivity contribution is -0.146. The van der Waals surface area contributed by atoms with Gasteiger partial charge in [-0.25, -0.2) is 4.79 Å². The number of carboxylic acid groups (broad SMARTS) is 1. The van der Waals surface area contributed by atoms with Crippen molar-refractivity contribution in [1.29, 1.82) is 0 Å². The molecule has 0 unspecified atom stereocenters. The number of aliphatic carboxylic acids is 1. The smallest absolute Gasteiger partial charge is 0.376 e. The third-order valence-corrected chi connectivity index (χ3v) is 3.63. The second-order valence-electron chi connectivity index (χ2n) is 4.93. The number of carbonyl (C=O) groups excluding carboxylic acids is 1. The highest BCUT2D eigenvalue weighted by molar-refractivity contribution is 6.38. The summed E-state index contributed by atoms with van der Waals surface area (Å²) in [5.41, 5.74) is 1.49. The molecule has 4 nitrogen and oxygen atoms in total. The predicted octanol–water partition coefficient (Wildman–Crippen LogP) is 3.18. The zero-order chi connectivity index (χ0) is 16.1. The van der Waals surface area contributed by atoms with Crippen molar-refractivity contribution < 1.29 is 14.7 Å². The molecule has 4 heteroatoms. The first-order valence-electron chi connectivity index (χ1n) is 7.29. The summed E-state index contributed by atoms with van der Waals surface area (Å²) in [6.45, 7) is 5.34. The summed E-state index contributed by atoms with van der Waals surface area (Å²) >= 11 is 0. The fraction of sp³-hybridized carbons (Fsp3) is 0.222. The van der Waals surface area contributed by atoms with Gasteiger partial charge in [0.15, 0.2) is 0 Å². The lowest BCUT2D eigenvalue weighted by atomic mass is 10.0. The van der Waals surface area contributed by atoms with Crippen molar-refractivity contribution >= 4 is 28.2 Å². The zero-order valence-electron chi connectivity index (χ0n) is 12.7. The van der Waals surface area contributed by atoms with E-state index in [9.17, 15) is 9.59 Å². The van der Waals surface area contributed by atoms with E-state index in [4.69, 9.17) is 5.11 Å². The van der Waals surface area contributed by atoms with Gasteiger partial charge in [-0.05, 0) is 36.2 Å². The van der Waals surface area contributed by atoms with Crippen LogP contribution >= 0.6 is 0 Å². The minimum Gasteiger partial charge on any atom is -0.475 e. The number of ketones is 1. The molecule has 0 aliphatic heterocycles. The van der Waals surface area contributed by atoms with E-state index in [1.54, 1.807) is 0 Å². The Morgan fingerprint density at radius 1 is 1.05 bits per heavy atom. The van der Waals surface area contributed by atoms with Crippen LogP contribution in [-0.2, 0) is 9.59 Å². The molecular formula is C18H19NO3. The van der Waals surface area contributed by atoms with Crippen molar-refractivity contribution in [2.24, 2.45) is 0 Å². The molecule has 0 fully saturated rings. The number of benzene rings is 2. The van der Waals surface area contributed by atoms with Crippen LogP contribution < -0.4 is 0 Å². The molecule has 0 spiro atoms. The standard InChI is InChI=1S/C18H19NO3/c1-3-19(4-2)16(12-17(20)18(21)22)15-10-9-13-7-5-6-8-14(13)11-15/h5-12H,3-4H2,1-2H3,(H,21,22)/b16-12-. The molecule has 0 heterocycles. The number of hydrogen-bond acceptors (Lipinski definition) is 3. The van der Waals surface area contributed by atoms with E-state index in [2.05, 4.69) is 0 Å². The van der Waals surface area contributed by atoms with Gasteiger partial charge in [-0.15, -0.1) is 0 Å². The SMILES string of the molecule is CCN(CC)/C(=C\C(=O)C(=O)O)c1ccc2ccccc2c1. The highest BCUT2D eigenvalue weighted by Crippen LogP contribution is 2.24. The maximum atomic E-state index is 11.6. The number of carbonyl (C=O) groups is 2. The molecule has 114 valence electrons. The van der Waals surface area contributed by atoms with Gasteiger partial charge in [0.2, 0.25) is 0 Å². The molecule has 2 aromatic carbocycles. The van der Waals surface area contributed by atoms with Gasteiger partial charge >= 0.3 is 5.97 Å². The quantitative estimate of drug-likeness (QED) is 0.657. The van der Waals surface area contributed by atoms with Crippen molar-refractivity contribution in [2.75, 3.05) is 13.1 Å². The van der Waals surface area contributed by atoms with Gasteiger partial charge in [0, 0.05) is 24.9 Å². The Kier molecular flexibility index (Phi) is 4.94. The van der Waals surface area contributed by atoms with Crippen LogP contribution in [0.5, 0.6) is 0 Å². The summed E-state index contributed by atoms with van der Waals surface area (Å²) < 4.78 is 0. The minimum atomic E-state index is -1.44. The van der Waals surface area contributed by atoms with Gasteiger partial charge in [0.05, 0.1) is 0 Å². The van der Waals surface area contributed by atoms with Crippen molar-refractivity contribution in [1.82, 2.24) is 4.90 Å². The van der Waals surface area contributed by atoms with Gasteiger partial charge in [0.25, 0.3) is 5.78 Å². The van der Waals surface area contributed by atoms with Gasteiger partial charge in [0.1, 0.15) is 0 Å². The minimum absolute atomic E-state index is 0.642. The molecule has 0 aliphatic carbocycles. The van der Waals surface area contributed by atoms with E-state index in [1.165, 1.54) is 6.08 Å². The molecule has 2 rings (SSSR count). The first kappa shape index (κ1) is 15.8. The van der Waals surface area contributed by atoms with E-state index in [0.29, 0.717) is 18.8 Å². The Morgan fingerprint density at radius 2 is 1.68 bits per heavy atom. The largest absolute Gasteiger partial charge is 0.475 e. The maximum Gasteiger partial charge on any atom is 0.376 e. The molecule has 0 aromatic heterocycles. The van der Waals surface area contributed by atoms with Gasteiger partial charge < -0.3 is 10.0 Å². The van der Waals surface area contributed by atoms with Crippen molar-refractivity contribution in [3.8, 4) is 0 Å². The Balaban J connectivity index is 2.55. The zero-order valence-corrected chi connectivity index (χ0v) is 12.7. The molecule has 0 aliphatic rings. The monoisotopic (exact) mass is 297 g/mol. The van der Waals surface area contributed by atoms with E-state index in [-0.39, 0.29) is 0 Å². The van der Waals surface area contributed by atoms with Crippen LogP contribution in [-0.4, -0.2) is 34.8 Å². The second-order valence-corrected chi connectivity index (χ2v) is 4.93. The average molecular weight is 297 g/mol. The Morgan fingerprint density at radius 3 is 2.27 bits per heavy atom. The Hall–Kier alpha value is -2.62. The Labute approximate surface area is 129 Å². The topological polar surface area (TPSA) is 57.6 Å². The number of carboxylic acids is 1. The summed E-state index contributed by atoms with van der Waals surface area (Å²) in [4.78, 5) is 24.5. The van der Waals surface area contributed by atoms with Crippen LogP contribution in [0.1, 0.15) is 19.4 Å². The average Bonchev–Trinajstić information content (AvgIpc) is 2.54. The second kappa shape index (κ2) is 6.89. The van der Waals surface area contributed by atoms with Crippen molar-refractivity contribution in [2.45, 2.75) is 13.8 Å². The lowest BCUT2D eigenvalue weighted by Gasteiger charge is -2.24. The molecule has 0 amide bonds. The van der Waals surface area contributed by atoms with Crippen LogP contribution in [0.15, 0.2) is 48.5 Å². The number of rotatable bonds is 6. The number of fused-ring (bicyclic) bond motifs is 1. The van der Waals surface area contributed by atoms with Crippen molar-refractivity contribution in [3.63, 3.8) is 0 Å². The molecule has 0 saturated carbocycles. The summed E-state index contributed by atoms with van der Waals surface area (Å²) in [7, 11) is 0. The van der Waals surface area contributed by atoms with Gasteiger partial charge in [-0.3, -0.25) is 4.79 Å². The highest BCUT2D eigenvalue weighted by atomic mass is 16.4. The fourth-order valence-corrected chi connectivity index (χ4v) is 2.46. The summed E-state index contributed by atoms with van der Waals surface area (Å²) in [5.74, 6) is -2.35. The van der Waals surface area contributed by atoms with Gasteiger partial charge in [-0.2, -0.15) is 0 Å². The van der Waals surface area contributed by atoms with Crippen molar-refractivity contribution in [3.05, 3.63) is 54.1 Å². The molecule has 1 N–H and O–H groups in total. The van der Waals surface area contributed by atoms with Crippen LogP contribution in [0.2, 0.25) is 0 Å². The number of hydrogen-bond donors (Lipinski definition) is 1. The first-order chi connectivity index (χ1) is 10.6. The molecule has 0 saturated heterocycles. The molecule has 0 radical (unpaired) electrons. The lowest BCUT2D eigenvalue weighted by Crippen LogP contribution is -2.23. The fourth-order valence-electron chi connectivity index (χ4n) is 2.46. The van der Waals surface area contributed by atoms with Crippen LogP contribution in [0.4, 0.5) is 0 Å². The highest BCUT2D eigenvalue weighted by Gasteiger charge is 2.15. The van der Waals surface area contributed by atoms with Crippen LogP contribution in [0, 0.1) is 0 Å². The van der Waals surface area contributed by atoms with E-state index >= 15 is 0 Å². The van der Waals surface area contributed by atoms with E-state index in [1.807, 2.05) is 61.2 Å². The molecule has 22 heavy (non-hydrogen) atoms. The molecule has 0 bridgehead atoms. The van der Waals surface area contributed by atoms with Gasteiger partial charge in [-0.1, -0.05) is 36.4 Å².